The second-order valence-electron chi connectivity index (χ2n) is 4.62. The fraction of sp³-hybridized carbons (Fsp3) is 0.125. The maximum atomic E-state index is 6.03. The van der Waals surface area contributed by atoms with Gasteiger partial charge in [-0.2, -0.15) is 0 Å². The lowest BCUT2D eigenvalue weighted by molar-refractivity contribution is 0.259. The van der Waals surface area contributed by atoms with E-state index in [9.17, 15) is 0 Å². The SMILES string of the molecule is Clc1ccc(OCc2nnc(Cc3ccccc3)o2)c(Cl)c1. The lowest BCUT2D eigenvalue weighted by Crippen LogP contribution is -1.96. The summed E-state index contributed by atoms with van der Waals surface area (Å²) in [5.74, 6) is 1.47. The Labute approximate surface area is 137 Å². The molecule has 0 radical (unpaired) electrons. The van der Waals surface area contributed by atoms with E-state index < -0.39 is 0 Å². The molecule has 6 heteroatoms. The van der Waals surface area contributed by atoms with Crippen LogP contribution in [0.15, 0.2) is 52.9 Å². The van der Waals surface area contributed by atoms with Crippen molar-refractivity contribution in [2.75, 3.05) is 0 Å². The number of hydrogen-bond donors (Lipinski definition) is 0. The monoisotopic (exact) mass is 334 g/mol. The van der Waals surface area contributed by atoms with E-state index in [0.29, 0.717) is 34.0 Å². The summed E-state index contributed by atoms with van der Waals surface area (Å²) in [6, 6.07) is 14.9. The van der Waals surface area contributed by atoms with Crippen LogP contribution >= 0.6 is 23.2 Å². The number of nitrogens with zero attached hydrogens (tertiary/aromatic N) is 2. The average Bonchev–Trinajstić information content (AvgIpc) is 2.95. The van der Waals surface area contributed by atoms with Gasteiger partial charge in [0.25, 0.3) is 5.89 Å². The minimum atomic E-state index is 0.156. The van der Waals surface area contributed by atoms with Crippen molar-refractivity contribution >= 4 is 23.2 Å². The van der Waals surface area contributed by atoms with E-state index in [1.165, 1.54) is 0 Å². The molecule has 0 aliphatic carbocycles. The highest BCUT2D eigenvalue weighted by Crippen LogP contribution is 2.28. The van der Waals surface area contributed by atoms with Crippen molar-refractivity contribution in [3.63, 3.8) is 0 Å². The maximum absolute atomic E-state index is 6.03. The fourth-order valence-electron chi connectivity index (χ4n) is 1.92. The van der Waals surface area contributed by atoms with Crippen molar-refractivity contribution in [3.8, 4) is 5.75 Å². The lowest BCUT2D eigenvalue weighted by atomic mass is 10.2. The third kappa shape index (κ3) is 3.78. The number of hydrogen-bond acceptors (Lipinski definition) is 4. The molecule has 0 atom stereocenters. The van der Waals surface area contributed by atoms with Gasteiger partial charge in [-0.15, -0.1) is 10.2 Å². The van der Waals surface area contributed by atoms with E-state index in [1.807, 2.05) is 30.3 Å². The van der Waals surface area contributed by atoms with Crippen LogP contribution in [0.5, 0.6) is 5.75 Å². The van der Waals surface area contributed by atoms with Crippen LogP contribution in [0.2, 0.25) is 10.0 Å². The molecule has 0 aliphatic rings. The highest BCUT2D eigenvalue weighted by atomic mass is 35.5. The minimum absolute atomic E-state index is 0.156. The van der Waals surface area contributed by atoms with Crippen LogP contribution in [0.1, 0.15) is 17.3 Å². The summed E-state index contributed by atoms with van der Waals surface area (Å²) in [7, 11) is 0. The predicted octanol–water partition coefficient (Wildman–Crippen LogP) is 4.55. The van der Waals surface area contributed by atoms with Gasteiger partial charge in [0.1, 0.15) is 5.75 Å². The molecule has 0 fully saturated rings. The Bertz CT molecular complexity index is 760. The van der Waals surface area contributed by atoms with Gasteiger partial charge in [-0.1, -0.05) is 53.5 Å². The van der Waals surface area contributed by atoms with Crippen molar-refractivity contribution in [2.45, 2.75) is 13.0 Å². The zero-order valence-electron chi connectivity index (χ0n) is 11.5. The molecule has 0 bridgehead atoms. The molecule has 112 valence electrons. The Morgan fingerprint density at radius 3 is 2.50 bits per heavy atom. The number of benzene rings is 2. The summed E-state index contributed by atoms with van der Waals surface area (Å²) >= 11 is 11.9. The summed E-state index contributed by atoms with van der Waals surface area (Å²) in [5.41, 5.74) is 1.11. The lowest BCUT2D eigenvalue weighted by Gasteiger charge is -2.05. The Morgan fingerprint density at radius 1 is 0.955 bits per heavy atom. The van der Waals surface area contributed by atoms with E-state index >= 15 is 0 Å². The van der Waals surface area contributed by atoms with Crippen LogP contribution in [0.3, 0.4) is 0 Å². The molecule has 0 spiro atoms. The number of rotatable bonds is 5. The Morgan fingerprint density at radius 2 is 1.73 bits per heavy atom. The first-order valence-electron chi connectivity index (χ1n) is 6.64. The third-order valence-electron chi connectivity index (χ3n) is 2.95. The van der Waals surface area contributed by atoms with E-state index in [1.54, 1.807) is 18.2 Å². The van der Waals surface area contributed by atoms with Crippen LogP contribution in [-0.2, 0) is 13.0 Å². The van der Waals surface area contributed by atoms with E-state index in [-0.39, 0.29) is 6.61 Å². The molecule has 3 aromatic rings. The zero-order chi connectivity index (χ0) is 15.4. The second-order valence-corrected chi connectivity index (χ2v) is 5.46. The average molecular weight is 335 g/mol. The topological polar surface area (TPSA) is 48.2 Å². The van der Waals surface area contributed by atoms with Crippen molar-refractivity contribution in [3.05, 3.63) is 75.9 Å². The molecule has 2 aromatic carbocycles. The summed E-state index contributed by atoms with van der Waals surface area (Å²) in [4.78, 5) is 0. The highest BCUT2D eigenvalue weighted by Gasteiger charge is 2.09. The smallest absolute Gasteiger partial charge is 0.253 e. The number of ether oxygens (including phenoxy) is 1. The quantitative estimate of drug-likeness (QED) is 0.686. The summed E-state index contributed by atoms with van der Waals surface area (Å²) in [6.45, 7) is 0.156. The molecule has 4 nitrogen and oxygen atoms in total. The highest BCUT2D eigenvalue weighted by molar-refractivity contribution is 6.35. The van der Waals surface area contributed by atoms with Crippen LogP contribution < -0.4 is 4.74 Å². The largest absolute Gasteiger partial charge is 0.482 e. The Hall–Kier alpha value is -2.04. The summed E-state index contributed by atoms with van der Waals surface area (Å²) in [5, 5.41) is 8.97. The first kappa shape index (κ1) is 14.9. The molecule has 3 rings (SSSR count). The van der Waals surface area contributed by atoms with E-state index in [4.69, 9.17) is 32.4 Å². The molecule has 0 unspecified atom stereocenters. The second kappa shape index (κ2) is 6.81. The third-order valence-corrected chi connectivity index (χ3v) is 3.48. The fourth-order valence-corrected chi connectivity index (χ4v) is 2.38. The molecule has 1 heterocycles. The van der Waals surface area contributed by atoms with Gasteiger partial charge in [0.15, 0.2) is 6.61 Å². The summed E-state index contributed by atoms with van der Waals surface area (Å²) in [6.07, 6.45) is 0.593. The predicted molar refractivity (Wildman–Crippen MR) is 84.3 cm³/mol. The molecule has 0 aliphatic heterocycles. The molecule has 22 heavy (non-hydrogen) atoms. The van der Waals surface area contributed by atoms with Gasteiger partial charge < -0.3 is 9.15 Å². The van der Waals surface area contributed by atoms with Crippen molar-refractivity contribution in [1.82, 2.24) is 10.2 Å². The standard InChI is InChI=1S/C16H12Cl2N2O2/c17-12-6-7-14(13(18)9-12)21-10-16-20-19-15(22-16)8-11-4-2-1-3-5-11/h1-7,9H,8,10H2. The Balaban J connectivity index is 1.62. The Kier molecular flexibility index (Phi) is 4.61. The van der Waals surface area contributed by atoms with Gasteiger partial charge in [0.05, 0.1) is 11.4 Å². The van der Waals surface area contributed by atoms with Gasteiger partial charge in [-0.05, 0) is 23.8 Å². The molecule has 0 saturated heterocycles. The van der Waals surface area contributed by atoms with Gasteiger partial charge in [0, 0.05) is 5.02 Å². The number of halogens is 2. The van der Waals surface area contributed by atoms with Gasteiger partial charge in [-0.3, -0.25) is 0 Å². The van der Waals surface area contributed by atoms with Gasteiger partial charge in [0.2, 0.25) is 5.89 Å². The molecular formula is C16H12Cl2N2O2. The van der Waals surface area contributed by atoms with Crippen LogP contribution in [0.4, 0.5) is 0 Å². The van der Waals surface area contributed by atoms with Crippen molar-refractivity contribution in [1.29, 1.82) is 0 Å². The first-order valence-corrected chi connectivity index (χ1v) is 7.39. The van der Waals surface area contributed by atoms with E-state index in [0.717, 1.165) is 5.56 Å². The van der Waals surface area contributed by atoms with Crippen molar-refractivity contribution < 1.29 is 9.15 Å². The zero-order valence-corrected chi connectivity index (χ0v) is 13.0. The normalized spacial score (nSPS) is 10.6. The first-order chi connectivity index (χ1) is 10.7. The van der Waals surface area contributed by atoms with E-state index in [2.05, 4.69) is 10.2 Å². The molecule has 1 aromatic heterocycles. The molecule has 0 saturated carbocycles. The molecule has 0 N–H and O–H groups in total. The van der Waals surface area contributed by atoms with Gasteiger partial charge in [-0.25, -0.2) is 0 Å². The van der Waals surface area contributed by atoms with Crippen molar-refractivity contribution in [2.24, 2.45) is 0 Å². The van der Waals surface area contributed by atoms with Gasteiger partial charge >= 0.3 is 0 Å². The van der Waals surface area contributed by atoms with Crippen LogP contribution in [0, 0.1) is 0 Å². The molecule has 0 amide bonds. The molecular weight excluding hydrogens is 323 g/mol. The van der Waals surface area contributed by atoms with Crippen LogP contribution in [-0.4, -0.2) is 10.2 Å². The maximum Gasteiger partial charge on any atom is 0.253 e. The number of aromatic nitrogens is 2. The summed E-state index contributed by atoms with van der Waals surface area (Å²) < 4.78 is 11.1. The minimum Gasteiger partial charge on any atom is -0.482 e. The van der Waals surface area contributed by atoms with Crippen LogP contribution in [0.25, 0.3) is 0 Å².